The summed E-state index contributed by atoms with van der Waals surface area (Å²) >= 11 is 0. The molecule has 2 aromatic carbocycles. The second kappa shape index (κ2) is 13.7. The van der Waals surface area contributed by atoms with Crippen LogP contribution in [0.1, 0.15) is 169 Å². The van der Waals surface area contributed by atoms with Crippen molar-refractivity contribution in [2.75, 3.05) is 0 Å². The highest BCUT2D eigenvalue weighted by atomic mass is 32.2. The largest absolute Gasteiger partial charge is 0.379 e. The molecule has 242 valence electrons. The highest BCUT2D eigenvalue weighted by molar-refractivity contribution is 7.87. The molecule has 2 aromatic rings. The van der Waals surface area contributed by atoms with Crippen molar-refractivity contribution >= 4 is 25.8 Å². The maximum atomic E-state index is 14.6. The van der Waals surface area contributed by atoms with Crippen LogP contribution >= 0.6 is 0 Å². The van der Waals surface area contributed by atoms with Gasteiger partial charge >= 0.3 is 10.1 Å². The van der Waals surface area contributed by atoms with Gasteiger partial charge in [0, 0.05) is 5.56 Å². The monoisotopic (exact) mass is 642 g/mol. The van der Waals surface area contributed by atoms with E-state index in [9.17, 15) is 21.4 Å². The lowest BCUT2D eigenvalue weighted by Crippen LogP contribution is -2.21. The normalized spacial score (nSPS) is 19.8. The Bertz CT molecular complexity index is 1530. The minimum Gasteiger partial charge on any atom is -0.379 e. The van der Waals surface area contributed by atoms with Gasteiger partial charge in [-0.15, -0.1) is 0 Å². The van der Waals surface area contributed by atoms with Crippen LogP contribution in [0.2, 0.25) is 0 Å². The van der Waals surface area contributed by atoms with E-state index in [1.54, 1.807) is 20.8 Å². The molecule has 0 atom stereocenters. The molecule has 5 rings (SSSR count). The third kappa shape index (κ3) is 7.28. The van der Waals surface area contributed by atoms with Gasteiger partial charge in [0.15, 0.2) is 0 Å². The third-order valence-corrected chi connectivity index (χ3v) is 12.6. The fourth-order valence-electron chi connectivity index (χ4n) is 7.97. The van der Waals surface area contributed by atoms with Crippen LogP contribution in [0.4, 0.5) is 0 Å². The first-order chi connectivity index (χ1) is 20.9. The summed E-state index contributed by atoms with van der Waals surface area (Å²) in [4.78, 5) is 0.102. The number of hydrogen-bond donors (Lipinski definition) is 1. The topological polar surface area (TPSA) is 97.7 Å². The van der Waals surface area contributed by atoms with E-state index >= 15 is 0 Å². The SMILES string of the molecule is C=C(C)c1cc(OS(=O)(=O)c2c(C3CCCCC3)cc(C3CCCCC3)cc2C2CCCCC2)cc(C(C)C)c1S(=O)(=O)O. The Morgan fingerprint density at radius 2 is 1.18 bits per heavy atom. The van der Waals surface area contributed by atoms with Crippen molar-refractivity contribution in [2.24, 2.45) is 0 Å². The minimum absolute atomic E-state index is 0.0413. The first kappa shape index (κ1) is 33.2. The van der Waals surface area contributed by atoms with E-state index in [0.29, 0.717) is 21.9 Å². The first-order valence-electron chi connectivity index (χ1n) is 16.8. The maximum Gasteiger partial charge on any atom is 0.339 e. The van der Waals surface area contributed by atoms with Crippen molar-refractivity contribution in [3.63, 3.8) is 0 Å². The van der Waals surface area contributed by atoms with Crippen LogP contribution < -0.4 is 4.18 Å². The fraction of sp³-hybridized carbons (Fsp3) is 0.611. The Labute approximate surface area is 265 Å². The van der Waals surface area contributed by atoms with Gasteiger partial charge in [0.05, 0.1) is 0 Å². The lowest BCUT2D eigenvalue weighted by molar-refractivity contribution is 0.414. The second-order valence-electron chi connectivity index (χ2n) is 13.9. The van der Waals surface area contributed by atoms with Gasteiger partial charge in [-0.2, -0.15) is 16.8 Å². The molecular weight excluding hydrogens is 593 g/mol. The maximum absolute atomic E-state index is 14.6. The van der Waals surface area contributed by atoms with E-state index in [4.69, 9.17) is 4.18 Å². The molecule has 0 saturated heterocycles. The summed E-state index contributed by atoms with van der Waals surface area (Å²) in [5, 5.41) is 0. The molecule has 3 saturated carbocycles. The predicted octanol–water partition coefficient (Wildman–Crippen LogP) is 10.0. The number of allylic oxidation sites excluding steroid dienone is 1. The van der Waals surface area contributed by atoms with Crippen molar-refractivity contribution in [1.29, 1.82) is 0 Å². The molecule has 0 amide bonds. The summed E-state index contributed by atoms with van der Waals surface area (Å²) < 4.78 is 70.4. The van der Waals surface area contributed by atoms with Gasteiger partial charge in [-0.3, -0.25) is 4.55 Å². The van der Waals surface area contributed by atoms with Crippen molar-refractivity contribution in [3.05, 3.63) is 58.7 Å². The first-order valence-corrected chi connectivity index (χ1v) is 19.6. The van der Waals surface area contributed by atoms with E-state index in [1.807, 2.05) is 0 Å². The van der Waals surface area contributed by atoms with Gasteiger partial charge in [-0.1, -0.05) is 90.3 Å². The van der Waals surface area contributed by atoms with E-state index < -0.39 is 20.2 Å². The zero-order valence-electron chi connectivity index (χ0n) is 26.7. The summed E-state index contributed by atoms with van der Waals surface area (Å²) in [6.07, 6.45) is 16.6. The van der Waals surface area contributed by atoms with Crippen LogP contribution in [0.5, 0.6) is 5.75 Å². The van der Waals surface area contributed by atoms with Crippen molar-refractivity contribution in [2.45, 2.75) is 151 Å². The third-order valence-electron chi connectivity index (χ3n) is 10.2. The molecule has 8 heteroatoms. The second-order valence-corrected chi connectivity index (χ2v) is 16.7. The van der Waals surface area contributed by atoms with Gasteiger partial charge in [0.25, 0.3) is 10.1 Å². The van der Waals surface area contributed by atoms with E-state index in [0.717, 1.165) is 75.3 Å². The quantitative estimate of drug-likeness (QED) is 0.216. The average Bonchev–Trinajstić information content (AvgIpc) is 3.00. The molecule has 0 spiro atoms. The molecule has 0 heterocycles. The standard InChI is InChI=1S/C36H50O6S2/c1-24(2)31-22-30(23-32(25(3)4)35(31)43(37,38)39)42-44(40,41)36-33(27-16-10-6-11-17-27)20-29(26-14-8-5-9-15-26)21-34(36)28-18-12-7-13-19-28/h20-23,25-28H,1,5-19H2,2-4H3,(H,37,38,39). The molecule has 0 unspecified atom stereocenters. The van der Waals surface area contributed by atoms with Crippen LogP contribution in [0.15, 0.2) is 40.6 Å². The summed E-state index contributed by atoms with van der Waals surface area (Å²) in [5.74, 6) is 0.524. The predicted molar refractivity (Wildman–Crippen MR) is 177 cm³/mol. The lowest BCUT2D eigenvalue weighted by atomic mass is 9.76. The minimum atomic E-state index is -4.59. The zero-order chi connectivity index (χ0) is 31.6. The van der Waals surface area contributed by atoms with Crippen LogP contribution in [0.3, 0.4) is 0 Å². The smallest absolute Gasteiger partial charge is 0.339 e. The van der Waals surface area contributed by atoms with Gasteiger partial charge in [0.2, 0.25) is 0 Å². The summed E-state index contributed by atoms with van der Waals surface area (Å²) in [7, 11) is -8.89. The van der Waals surface area contributed by atoms with E-state index in [1.165, 1.54) is 49.8 Å². The lowest BCUT2D eigenvalue weighted by Gasteiger charge is -2.32. The highest BCUT2D eigenvalue weighted by Crippen LogP contribution is 2.46. The van der Waals surface area contributed by atoms with Crippen molar-refractivity contribution < 1.29 is 25.6 Å². The summed E-state index contributed by atoms with van der Waals surface area (Å²) in [6.45, 7) is 9.16. The van der Waals surface area contributed by atoms with Crippen LogP contribution in [-0.4, -0.2) is 21.4 Å². The van der Waals surface area contributed by atoms with E-state index in [2.05, 4.69) is 18.7 Å². The summed E-state index contributed by atoms with van der Waals surface area (Å²) in [6, 6.07) is 7.28. The molecule has 6 nitrogen and oxygen atoms in total. The summed E-state index contributed by atoms with van der Waals surface area (Å²) in [5.41, 5.74) is 4.00. The molecule has 0 aliphatic heterocycles. The molecule has 44 heavy (non-hydrogen) atoms. The van der Waals surface area contributed by atoms with Gasteiger partial charge in [-0.05, 0) is 109 Å². The number of hydrogen-bond acceptors (Lipinski definition) is 5. The molecule has 1 N–H and O–H groups in total. The Morgan fingerprint density at radius 1 is 0.727 bits per heavy atom. The highest BCUT2D eigenvalue weighted by Gasteiger charge is 2.35. The van der Waals surface area contributed by atoms with Gasteiger partial charge < -0.3 is 4.18 Å². The van der Waals surface area contributed by atoms with Crippen molar-refractivity contribution in [1.82, 2.24) is 0 Å². The molecule has 0 aromatic heterocycles. The Balaban J connectivity index is 1.70. The molecule has 3 aliphatic rings. The van der Waals surface area contributed by atoms with Crippen LogP contribution in [-0.2, 0) is 20.2 Å². The van der Waals surface area contributed by atoms with Crippen molar-refractivity contribution in [3.8, 4) is 5.75 Å². The molecule has 0 radical (unpaired) electrons. The van der Waals surface area contributed by atoms with Gasteiger partial charge in [0.1, 0.15) is 15.5 Å². The number of rotatable bonds is 9. The Hall–Kier alpha value is -2.16. The Morgan fingerprint density at radius 3 is 1.59 bits per heavy atom. The Kier molecular flexibility index (Phi) is 10.3. The van der Waals surface area contributed by atoms with Crippen LogP contribution in [0, 0.1) is 0 Å². The van der Waals surface area contributed by atoms with Crippen LogP contribution in [0.25, 0.3) is 5.57 Å². The molecule has 3 aliphatic carbocycles. The zero-order valence-corrected chi connectivity index (χ0v) is 28.4. The number of benzene rings is 2. The fourth-order valence-corrected chi connectivity index (χ4v) is 10.5. The average molecular weight is 643 g/mol. The molecular formula is C36H50O6S2. The van der Waals surface area contributed by atoms with E-state index in [-0.39, 0.29) is 34.0 Å². The molecule has 3 fully saturated rings. The van der Waals surface area contributed by atoms with Gasteiger partial charge in [-0.25, -0.2) is 0 Å². The molecule has 0 bridgehead atoms.